The molecule has 0 spiro atoms. The van der Waals surface area contributed by atoms with E-state index in [-0.39, 0.29) is 17.8 Å². The summed E-state index contributed by atoms with van der Waals surface area (Å²) in [6.07, 6.45) is 2.55. The molecule has 2 aromatic carbocycles. The molecule has 1 N–H and O–H groups in total. The molecule has 4 rings (SSSR count). The molecule has 128 valence electrons. The van der Waals surface area contributed by atoms with Gasteiger partial charge in [0.15, 0.2) is 0 Å². The predicted octanol–water partition coefficient (Wildman–Crippen LogP) is 2.99. The molecule has 1 aliphatic carbocycles. The topological polar surface area (TPSA) is 50.7 Å². The summed E-state index contributed by atoms with van der Waals surface area (Å²) in [6.45, 7) is 0. The van der Waals surface area contributed by atoms with E-state index in [1.807, 2.05) is 6.07 Å². The van der Waals surface area contributed by atoms with Crippen LogP contribution in [0.25, 0.3) is 0 Å². The van der Waals surface area contributed by atoms with Crippen molar-refractivity contribution >= 4 is 11.6 Å². The van der Waals surface area contributed by atoms with Crippen molar-refractivity contribution in [3.63, 3.8) is 0 Å². The van der Waals surface area contributed by atoms with Gasteiger partial charge in [0.2, 0.25) is 6.10 Å². The SMILES string of the molecule is O=C(NC1CCc2ccccc2C1)C1CC(c2ccc(F)cc2)=NO1. The Labute approximate surface area is 145 Å². The molecule has 25 heavy (non-hydrogen) atoms. The maximum atomic E-state index is 13.0. The smallest absolute Gasteiger partial charge is 0.264 e. The minimum atomic E-state index is -0.614. The van der Waals surface area contributed by atoms with Crippen molar-refractivity contribution in [2.45, 2.75) is 37.8 Å². The molecule has 1 amide bonds. The second kappa shape index (κ2) is 6.67. The van der Waals surface area contributed by atoms with Crippen LogP contribution in [0.15, 0.2) is 53.7 Å². The van der Waals surface area contributed by atoms with Crippen LogP contribution < -0.4 is 5.32 Å². The van der Waals surface area contributed by atoms with Gasteiger partial charge >= 0.3 is 0 Å². The summed E-state index contributed by atoms with van der Waals surface area (Å²) < 4.78 is 13.0. The molecule has 1 aliphatic heterocycles. The van der Waals surface area contributed by atoms with Gasteiger partial charge in [-0.3, -0.25) is 4.79 Å². The number of aryl methyl sites for hydroxylation is 1. The summed E-state index contributed by atoms with van der Waals surface area (Å²) in [4.78, 5) is 17.8. The van der Waals surface area contributed by atoms with E-state index in [4.69, 9.17) is 4.84 Å². The van der Waals surface area contributed by atoms with Gasteiger partial charge in [0.25, 0.3) is 5.91 Å². The van der Waals surface area contributed by atoms with Gasteiger partial charge in [-0.05, 0) is 48.1 Å². The number of fused-ring (bicyclic) bond motifs is 1. The average molecular weight is 338 g/mol. The second-order valence-electron chi connectivity index (χ2n) is 6.56. The lowest BCUT2D eigenvalue weighted by Gasteiger charge is -2.26. The van der Waals surface area contributed by atoms with Gasteiger partial charge in [-0.25, -0.2) is 4.39 Å². The number of oxime groups is 1. The van der Waals surface area contributed by atoms with Crippen LogP contribution in [0.4, 0.5) is 4.39 Å². The highest BCUT2D eigenvalue weighted by Crippen LogP contribution is 2.22. The number of hydrogen-bond acceptors (Lipinski definition) is 3. The Morgan fingerprint density at radius 1 is 1.08 bits per heavy atom. The lowest BCUT2D eigenvalue weighted by molar-refractivity contribution is -0.132. The van der Waals surface area contributed by atoms with E-state index in [1.165, 1.54) is 23.3 Å². The summed E-state index contributed by atoms with van der Waals surface area (Å²) >= 11 is 0. The highest BCUT2D eigenvalue weighted by molar-refractivity contribution is 6.04. The van der Waals surface area contributed by atoms with Gasteiger partial charge in [-0.2, -0.15) is 0 Å². The average Bonchev–Trinajstić information content (AvgIpc) is 3.12. The summed E-state index contributed by atoms with van der Waals surface area (Å²) in [5.74, 6) is -0.430. The molecular formula is C20H19FN2O2. The van der Waals surface area contributed by atoms with E-state index in [0.717, 1.165) is 24.8 Å². The fourth-order valence-electron chi connectivity index (χ4n) is 3.45. The molecule has 0 saturated heterocycles. The van der Waals surface area contributed by atoms with E-state index < -0.39 is 6.10 Å². The Hall–Kier alpha value is -2.69. The Bertz CT molecular complexity index is 817. The van der Waals surface area contributed by atoms with Crippen LogP contribution in [0.5, 0.6) is 0 Å². The minimum Gasteiger partial charge on any atom is -0.382 e. The largest absolute Gasteiger partial charge is 0.382 e. The van der Waals surface area contributed by atoms with Crippen LogP contribution >= 0.6 is 0 Å². The quantitative estimate of drug-likeness (QED) is 0.935. The van der Waals surface area contributed by atoms with Crippen LogP contribution in [0.2, 0.25) is 0 Å². The number of amides is 1. The lowest BCUT2D eigenvalue weighted by Crippen LogP contribution is -2.44. The van der Waals surface area contributed by atoms with Gasteiger partial charge in [-0.1, -0.05) is 41.6 Å². The monoisotopic (exact) mass is 338 g/mol. The Morgan fingerprint density at radius 2 is 1.84 bits per heavy atom. The maximum Gasteiger partial charge on any atom is 0.264 e. The van der Waals surface area contributed by atoms with Crippen molar-refractivity contribution in [2.75, 3.05) is 0 Å². The van der Waals surface area contributed by atoms with Crippen molar-refractivity contribution in [1.29, 1.82) is 0 Å². The summed E-state index contributed by atoms with van der Waals surface area (Å²) in [7, 11) is 0. The van der Waals surface area contributed by atoms with Crippen LogP contribution in [0.1, 0.15) is 29.5 Å². The molecule has 0 bridgehead atoms. The number of rotatable bonds is 3. The van der Waals surface area contributed by atoms with Crippen molar-refractivity contribution in [3.05, 3.63) is 71.0 Å². The molecule has 0 saturated carbocycles. The first kappa shape index (κ1) is 15.8. The van der Waals surface area contributed by atoms with Gasteiger partial charge in [0.05, 0.1) is 5.71 Å². The fraction of sp³-hybridized carbons (Fsp3) is 0.300. The Kier molecular flexibility index (Phi) is 4.22. The Morgan fingerprint density at radius 3 is 2.64 bits per heavy atom. The van der Waals surface area contributed by atoms with Crippen molar-refractivity contribution in [3.8, 4) is 0 Å². The Balaban J connectivity index is 1.35. The fourth-order valence-corrected chi connectivity index (χ4v) is 3.45. The molecule has 0 aromatic heterocycles. The first-order valence-electron chi connectivity index (χ1n) is 8.55. The van der Waals surface area contributed by atoms with Gasteiger partial charge in [0, 0.05) is 12.5 Å². The van der Waals surface area contributed by atoms with Crippen LogP contribution in [-0.2, 0) is 22.5 Å². The highest BCUT2D eigenvalue weighted by Gasteiger charge is 2.31. The molecule has 0 fully saturated rings. The van der Waals surface area contributed by atoms with Crippen LogP contribution in [0.3, 0.4) is 0 Å². The number of benzene rings is 2. The van der Waals surface area contributed by atoms with E-state index in [1.54, 1.807) is 12.1 Å². The highest BCUT2D eigenvalue weighted by atomic mass is 19.1. The van der Waals surface area contributed by atoms with Crippen LogP contribution in [0, 0.1) is 5.82 Å². The number of carbonyl (C=O) groups excluding carboxylic acids is 1. The molecular weight excluding hydrogens is 319 g/mol. The standard InChI is InChI=1S/C20H19FN2O2/c21-16-8-5-14(6-9-16)18-12-19(25-23-18)20(24)22-17-10-7-13-3-1-2-4-15(13)11-17/h1-6,8-9,17,19H,7,10-12H2,(H,22,24). The number of nitrogens with one attached hydrogen (secondary N) is 1. The lowest BCUT2D eigenvalue weighted by atomic mass is 9.88. The third kappa shape index (κ3) is 3.40. The third-order valence-corrected chi connectivity index (χ3v) is 4.83. The molecule has 5 heteroatoms. The zero-order valence-electron chi connectivity index (χ0n) is 13.7. The predicted molar refractivity (Wildman–Crippen MR) is 92.8 cm³/mol. The van der Waals surface area contributed by atoms with Gasteiger partial charge < -0.3 is 10.2 Å². The summed E-state index contributed by atoms with van der Waals surface area (Å²) in [6, 6.07) is 14.5. The number of halogens is 1. The zero-order valence-corrected chi connectivity index (χ0v) is 13.7. The molecule has 2 aromatic rings. The molecule has 0 radical (unpaired) electrons. The zero-order chi connectivity index (χ0) is 17.2. The third-order valence-electron chi connectivity index (χ3n) is 4.83. The minimum absolute atomic E-state index is 0.126. The summed E-state index contributed by atoms with van der Waals surface area (Å²) in [5.41, 5.74) is 4.12. The number of hydrogen-bond donors (Lipinski definition) is 1. The molecule has 2 atom stereocenters. The molecule has 4 nitrogen and oxygen atoms in total. The first-order valence-corrected chi connectivity index (χ1v) is 8.55. The van der Waals surface area contributed by atoms with E-state index in [0.29, 0.717) is 12.1 Å². The normalized spacial score (nSPS) is 21.9. The number of carbonyl (C=O) groups is 1. The molecule has 1 heterocycles. The molecule has 2 unspecified atom stereocenters. The number of nitrogens with zero attached hydrogens (tertiary/aromatic N) is 1. The van der Waals surface area contributed by atoms with E-state index in [2.05, 4.69) is 28.7 Å². The van der Waals surface area contributed by atoms with Crippen molar-refractivity contribution in [2.24, 2.45) is 5.16 Å². The second-order valence-corrected chi connectivity index (χ2v) is 6.56. The summed E-state index contributed by atoms with van der Waals surface area (Å²) in [5, 5.41) is 7.09. The van der Waals surface area contributed by atoms with Crippen LogP contribution in [-0.4, -0.2) is 23.8 Å². The maximum absolute atomic E-state index is 13.0. The van der Waals surface area contributed by atoms with Crippen molar-refractivity contribution in [1.82, 2.24) is 5.32 Å². The van der Waals surface area contributed by atoms with Crippen molar-refractivity contribution < 1.29 is 14.0 Å². The van der Waals surface area contributed by atoms with E-state index in [9.17, 15) is 9.18 Å². The first-order chi connectivity index (χ1) is 12.2. The van der Waals surface area contributed by atoms with Gasteiger partial charge in [-0.15, -0.1) is 0 Å². The van der Waals surface area contributed by atoms with E-state index >= 15 is 0 Å². The van der Waals surface area contributed by atoms with Gasteiger partial charge in [0.1, 0.15) is 5.82 Å². The molecule has 2 aliphatic rings.